The molecule has 7 heteroatoms. The van der Waals surface area contributed by atoms with Gasteiger partial charge in [0.25, 0.3) is 0 Å². The molecule has 2 aliphatic rings. The van der Waals surface area contributed by atoms with Gasteiger partial charge < -0.3 is 14.4 Å². The van der Waals surface area contributed by atoms with Crippen LogP contribution in [-0.2, 0) is 16.0 Å². The van der Waals surface area contributed by atoms with Gasteiger partial charge in [-0.3, -0.25) is 0 Å². The van der Waals surface area contributed by atoms with Crippen LogP contribution in [0.25, 0.3) is 0 Å². The van der Waals surface area contributed by atoms with Crippen LogP contribution in [0.4, 0.5) is 5.95 Å². The molecule has 0 aliphatic carbocycles. The van der Waals surface area contributed by atoms with Crippen molar-refractivity contribution in [3.63, 3.8) is 0 Å². The van der Waals surface area contributed by atoms with Crippen LogP contribution in [0.1, 0.15) is 46.5 Å². The maximum absolute atomic E-state index is 6.08. The van der Waals surface area contributed by atoms with Crippen molar-refractivity contribution in [1.29, 1.82) is 0 Å². The van der Waals surface area contributed by atoms with E-state index < -0.39 is 0 Å². The van der Waals surface area contributed by atoms with Gasteiger partial charge in [-0.15, -0.1) is 0 Å². The molecule has 1 aromatic heterocycles. The molecule has 0 aromatic carbocycles. The second kappa shape index (κ2) is 7.57. The van der Waals surface area contributed by atoms with Gasteiger partial charge in [0.1, 0.15) is 0 Å². The van der Waals surface area contributed by atoms with Gasteiger partial charge in [-0.25, -0.2) is 4.68 Å². The molecule has 0 bridgehead atoms. The number of hydrogen-bond acceptors (Lipinski definition) is 6. The Hall–Kier alpha value is -1.21. The maximum Gasteiger partial charge on any atom is 0.245 e. The van der Waals surface area contributed by atoms with E-state index in [1.54, 1.807) is 0 Å². The molecule has 23 heavy (non-hydrogen) atoms. The molecular weight excluding hydrogens is 294 g/mol. The zero-order chi connectivity index (χ0) is 16.2. The molecule has 4 atom stereocenters. The summed E-state index contributed by atoms with van der Waals surface area (Å²) in [7, 11) is 0. The Morgan fingerprint density at radius 2 is 1.91 bits per heavy atom. The van der Waals surface area contributed by atoms with Crippen LogP contribution in [0.15, 0.2) is 0 Å². The van der Waals surface area contributed by atoms with E-state index in [1.165, 1.54) is 0 Å². The lowest BCUT2D eigenvalue weighted by atomic mass is 9.96. The van der Waals surface area contributed by atoms with E-state index >= 15 is 0 Å². The molecule has 2 aliphatic heterocycles. The van der Waals surface area contributed by atoms with Crippen molar-refractivity contribution in [2.24, 2.45) is 5.92 Å². The smallest absolute Gasteiger partial charge is 0.245 e. The van der Waals surface area contributed by atoms with Gasteiger partial charge >= 0.3 is 0 Å². The predicted molar refractivity (Wildman–Crippen MR) is 87.4 cm³/mol. The van der Waals surface area contributed by atoms with Crippen LogP contribution >= 0.6 is 0 Å². The van der Waals surface area contributed by atoms with Crippen molar-refractivity contribution in [3.8, 4) is 0 Å². The van der Waals surface area contributed by atoms with Crippen LogP contribution in [0.3, 0.4) is 0 Å². The SMILES string of the molecule is CCC1CN(c2nnnn2CC2CCOC(C)C2)CC(CC)O1. The summed E-state index contributed by atoms with van der Waals surface area (Å²) in [6.45, 7) is 9.96. The third-order valence-corrected chi connectivity index (χ3v) is 4.96. The molecule has 0 N–H and O–H groups in total. The molecule has 130 valence electrons. The Morgan fingerprint density at radius 3 is 2.57 bits per heavy atom. The number of tetrazole rings is 1. The van der Waals surface area contributed by atoms with Gasteiger partial charge in [0.05, 0.1) is 18.3 Å². The van der Waals surface area contributed by atoms with Gasteiger partial charge in [0.2, 0.25) is 5.95 Å². The normalized spacial score (nSPS) is 32.2. The fourth-order valence-corrected chi connectivity index (χ4v) is 3.58. The zero-order valence-electron chi connectivity index (χ0n) is 14.5. The average molecular weight is 323 g/mol. The van der Waals surface area contributed by atoms with Crippen LogP contribution < -0.4 is 4.90 Å². The molecule has 4 unspecified atom stereocenters. The molecule has 3 rings (SSSR count). The third kappa shape index (κ3) is 4.01. The van der Waals surface area contributed by atoms with Gasteiger partial charge in [-0.2, -0.15) is 0 Å². The largest absolute Gasteiger partial charge is 0.378 e. The first kappa shape index (κ1) is 16.6. The minimum atomic E-state index is 0.266. The number of rotatable bonds is 5. The molecule has 7 nitrogen and oxygen atoms in total. The van der Waals surface area contributed by atoms with E-state index in [-0.39, 0.29) is 12.2 Å². The summed E-state index contributed by atoms with van der Waals surface area (Å²) in [5.74, 6) is 1.48. The van der Waals surface area contributed by atoms with Crippen LogP contribution in [0.2, 0.25) is 0 Å². The first-order valence-corrected chi connectivity index (χ1v) is 8.97. The van der Waals surface area contributed by atoms with Crippen LogP contribution in [-0.4, -0.2) is 58.2 Å². The number of nitrogens with zero attached hydrogens (tertiary/aromatic N) is 5. The van der Waals surface area contributed by atoms with Gasteiger partial charge in [0, 0.05) is 26.2 Å². The van der Waals surface area contributed by atoms with E-state index in [2.05, 4.69) is 41.2 Å². The summed E-state index contributed by atoms with van der Waals surface area (Å²) < 4.78 is 13.7. The van der Waals surface area contributed by atoms with Crippen molar-refractivity contribution < 1.29 is 9.47 Å². The van der Waals surface area contributed by atoms with Crippen molar-refractivity contribution in [1.82, 2.24) is 20.2 Å². The highest BCUT2D eigenvalue weighted by Gasteiger charge is 2.30. The average Bonchev–Trinajstić information content (AvgIpc) is 3.02. The molecular formula is C16H29N5O2. The zero-order valence-corrected chi connectivity index (χ0v) is 14.5. The van der Waals surface area contributed by atoms with E-state index in [0.29, 0.717) is 12.0 Å². The number of morpholine rings is 1. The van der Waals surface area contributed by atoms with Crippen molar-refractivity contribution in [3.05, 3.63) is 0 Å². The van der Waals surface area contributed by atoms with E-state index in [0.717, 1.165) is 57.9 Å². The predicted octanol–water partition coefficient (Wildman–Crippen LogP) is 1.88. The van der Waals surface area contributed by atoms with E-state index in [1.807, 2.05) is 4.68 Å². The molecule has 3 heterocycles. The third-order valence-electron chi connectivity index (χ3n) is 4.96. The molecule has 1 aromatic rings. The van der Waals surface area contributed by atoms with Crippen LogP contribution in [0.5, 0.6) is 0 Å². The van der Waals surface area contributed by atoms with Crippen molar-refractivity contribution in [2.75, 3.05) is 24.6 Å². The lowest BCUT2D eigenvalue weighted by molar-refractivity contribution is -0.0294. The Kier molecular flexibility index (Phi) is 5.48. The van der Waals surface area contributed by atoms with E-state index in [4.69, 9.17) is 9.47 Å². The highest BCUT2D eigenvalue weighted by Crippen LogP contribution is 2.25. The summed E-state index contributed by atoms with van der Waals surface area (Å²) >= 11 is 0. The minimum absolute atomic E-state index is 0.266. The highest BCUT2D eigenvalue weighted by molar-refractivity contribution is 5.29. The first-order chi connectivity index (χ1) is 11.2. The quantitative estimate of drug-likeness (QED) is 0.824. The maximum atomic E-state index is 6.08. The summed E-state index contributed by atoms with van der Waals surface area (Å²) in [5, 5.41) is 12.5. The van der Waals surface area contributed by atoms with Gasteiger partial charge in [0.15, 0.2) is 0 Å². The summed E-state index contributed by atoms with van der Waals surface area (Å²) in [4.78, 5) is 2.30. The molecule has 2 fully saturated rings. The number of anilines is 1. The monoisotopic (exact) mass is 323 g/mol. The Labute approximate surface area is 138 Å². The number of hydrogen-bond donors (Lipinski definition) is 0. The highest BCUT2D eigenvalue weighted by atomic mass is 16.5. The number of aromatic nitrogens is 4. The summed E-state index contributed by atoms with van der Waals surface area (Å²) in [5.41, 5.74) is 0. The van der Waals surface area contributed by atoms with Crippen molar-refractivity contribution >= 4 is 5.95 Å². The topological polar surface area (TPSA) is 65.3 Å². The van der Waals surface area contributed by atoms with Crippen molar-refractivity contribution in [2.45, 2.75) is 71.3 Å². The minimum Gasteiger partial charge on any atom is -0.378 e. The molecule has 0 amide bonds. The van der Waals surface area contributed by atoms with E-state index in [9.17, 15) is 0 Å². The van der Waals surface area contributed by atoms with Gasteiger partial charge in [-0.05, 0) is 49.0 Å². The molecule has 2 saturated heterocycles. The number of ether oxygens (including phenoxy) is 2. The lowest BCUT2D eigenvalue weighted by Gasteiger charge is -2.38. The molecule has 0 radical (unpaired) electrons. The molecule has 0 saturated carbocycles. The lowest BCUT2D eigenvalue weighted by Crippen LogP contribution is -2.48. The van der Waals surface area contributed by atoms with Gasteiger partial charge in [-0.1, -0.05) is 18.9 Å². The second-order valence-corrected chi connectivity index (χ2v) is 6.83. The Morgan fingerprint density at radius 1 is 1.17 bits per heavy atom. The van der Waals surface area contributed by atoms with Crippen LogP contribution in [0, 0.1) is 5.92 Å². The second-order valence-electron chi connectivity index (χ2n) is 6.83. The Bertz CT molecular complexity index is 483. The Balaban J connectivity index is 1.69. The fourth-order valence-electron chi connectivity index (χ4n) is 3.58. The first-order valence-electron chi connectivity index (χ1n) is 8.97. The molecule has 0 spiro atoms. The summed E-state index contributed by atoms with van der Waals surface area (Å²) in [6.07, 6.45) is 5.08. The summed E-state index contributed by atoms with van der Waals surface area (Å²) in [6, 6.07) is 0. The standard InChI is InChI=1S/C16H29N5O2/c1-4-14-10-20(11-15(5-2)23-14)16-17-18-19-21(16)9-13-6-7-22-12(3)8-13/h12-15H,4-11H2,1-3H3. The fraction of sp³-hybridized carbons (Fsp3) is 0.938.